The molecule has 4 aliphatic carbocycles. The maximum absolute atomic E-state index is 13.4. The van der Waals surface area contributed by atoms with Gasteiger partial charge in [-0.2, -0.15) is 0 Å². The first-order chi connectivity index (χ1) is 14.1. The molecule has 2 spiro atoms. The van der Waals surface area contributed by atoms with Gasteiger partial charge < -0.3 is 0 Å². The van der Waals surface area contributed by atoms with Crippen molar-refractivity contribution in [1.29, 1.82) is 0 Å². The van der Waals surface area contributed by atoms with Crippen molar-refractivity contribution in [3.63, 3.8) is 0 Å². The molecule has 0 N–H and O–H groups in total. The van der Waals surface area contributed by atoms with E-state index in [1.807, 2.05) is 0 Å². The molecular formula is C27H44O2. The number of carbonyl (C=O) groups is 2. The van der Waals surface area contributed by atoms with Crippen molar-refractivity contribution in [2.24, 2.45) is 34.5 Å². The molecule has 4 saturated carbocycles. The third-order valence-electron chi connectivity index (χ3n) is 9.93. The Balaban J connectivity index is 1.28. The van der Waals surface area contributed by atoms with Crippen LogP contribution in [0.25, 0.3) is 0 Å². The summed E-state index contributed by atoms with van der Waals surface area (Å²) in [5.41, 5.74) is -1.07. The van der Waals surface area contributed by atoms with Crippen LogP contribution in [0.2, 0.25) is 0 Å². The number of carbonyl (C=O) groups excluding carboxylic acids is 2. The van der Waals surface area contributed by atoms with Gasteiger partial charge >= 0.3 is 0 Å². The van der Waals surface area contributed by atoms with Crippen LogP contribution in [0, 0.1) is 34.5 Å². The second kappa shape index (κ2) is 8.83. The lowest BCUT2D eigenvalue weighted by Gasteiger charge is -2.57. The summed E-state index contributed by atoms with van der Waals surface area (Å²) in [4.78, 5) is 26.9. The van der Waals surface area contributed by atoms with Gasteiger partial charge in [-0.15, -0.1) is 0 Å². The van der Waals surface area contributed by atoms with E-state index >= 15 is 0 Å². The molecule has 0 atom stereocenters. The van der Waals surface area contributed by atoms with E-state index in [2.05, 4.69) is 13.8 Å². The number of unbranched alkanes of at least 4 members (excludes halogenated alkanes) is 2. The number of rotatable bonds is 6. The number of ketones is 2. The Hall–Kier alpha value is -0.660. The van der Waals surface area contributed by atoms with Gasteiger partial charge in [-0.05, 0) is 87.9 Å². The highest BCUT2D eigenvalue weighted by atomic mass is 16.2. The molecule has 29 heavy (non-hydrogen) atoms. The van der Waals surface area contributed by atoms with Crippen molar-refractivity contribution in [2.45, 2.75) is 123 Å². The molecule has 0 bridgehead atoms. The van der Waals surface area contributed by atoms with E-state index in [0.29, 0.717) is 11.6 Å². The summed E-state index contributed by atoms with van der Waals surface area (Å²) in [6, 6.07) is 0. The summed E-state index contributed by atoms with van der Waals surface area (Å²) >= 11 is 0. The fourth-order valence-corrected chi connectivity index (χ4v) is 7.78. The van der Waals surface area contributed by atoms with E-state index in [9.17, 15) is 9.59 Å². The lowest BCUT2D eigenvalue weighted by molar-refractivity contribution is -0.179. The van der Waals surface area contributed by atoms with Crippen LogP contribution in [0.4, 0.5) is 0 Å². The van der Waals surface area contributed by atoms with Crippen LogP contribution in [0.1, 0.15) is 123 Å². The maximum atomic E-state index is 13.4. The highest BCUT2D eigenvalue weighted by molar-refractivity contribution is 6.30. The van der Waals surface area contributed by atoms with Gasteiger partial charge in [-0.3, -0.25) is 9.59 Å². The summed E-state index contributed by atoms with van der Waals surface area (Å²) in [6.45, 7) is 4.59. The SMILES string of the molecule is CCCCCC1CCC2(CC1)C(=O)C1(CCC(C3CCC(CC)CC3)CC1)C2=O. The molecule has 0 aliphatic heterocycles. The molecule has 0 aromatic carbocycles. The lowest BCUT2D eigenvalue weighted by atomic mass is 9.42. The van der Waals surface area contributed by atoms with Crippen molar-refractivity contribution in [2.75, 3.05) is 0 Å². The summed E-state index contributed by atoms with van der Waals surface area (Å²) in [6.07, 6.45) is 20.1. The minimum Gasteiger partial charge on any atom is -0.297 e. The molecule has 4 rings (SSSR count). The molecule has 0 aromatic heterocycles. The lowest BCUT2D eigenvalue weighted by Crippen LogP contribution is -2.68. The van der Waals surface area contributed by atoms with Gasteiger partial charge in [-0.1, -0.05) is 58.8 Å². The topological polar surface area (TPSA) is 34.1 Å². The van der Waals surface area contributed by atoms with Crippen LogP contribution in [-0.2, 0) is 9.59 Å². The molecule has 0 saturated heterocycles. The van der Waals surface area contributed by atoms with Crippen molar-refractivity contribution in [3.8, 4) is 0 Å². The molecule has 2 heteroatoms. The average molecular weight is 401 g/mol. The summed E-state index contributed by atoms with van der Waals surface area (Å²) in [7, 11) is 0. The van der Waals surface area contributed by atoms with Gasteiger partial charge in [0.1, 0.15) is 0 Å². The van der Waals surface area contributed by atoms with E-state index in [-0.39, 0.29) is 0 Å². The molecule has 2 nitrogen and oxygen atoms in total. The van der Waals surface area contributed by atoms with Gasteiger partial charge in [0, 0.05) is 0 Å². The van der Waals surface area contributed by atoms with Crippen LogP contribution in [0.5, 0.6) is 0 Å². The minimum absolute atomic E-state index is 0.384. The minimum atomic E-state index is -0.536. The van der Waals surface area contributed by atoms with Crippen molar-refractivity contribution >= 4 is 11.6 Å². The first kappa shape index (κ1) is 21.6. The van der Waals surface area contributed by atoms with E-state index in [4.69, 9.17) is 0 Å². The molecule has 0 aromatic rings. The predicted octanol–water partition coefficient (Wildman–Crippen LogP) is 7.29. The summed E-state index contributed by atoms with van der Waals surface area (Å²) in [5, 5.41) is 0. The molecule has 164 valence electrons. The standard InChI is InChI=1S/C27H44O2/c1-3-5-6-7-21-12-16-26(17-13-21)24(28)27(25(26)29)18-14-23(15-19-27)22-10-8-20(4-2)9-11-22/h20-23H,3-19H2,1-2H3. The van der Waals surface area contributed by atoms with E-state index < -0.39 is 10.8 Å². The van der Waals surface area contributed by atoms with Crippen LogP contribution in [0.3, 0.4) is 0 Å². The van der Waals surface area contributed by atoms with E-state index in [0.717, 1.165) is 75.0 Å². The molecule has 0 heterocycles. The van der Waals surface area contributed by atoms with Gasteiger partial charge in [0.25, 0.3) is 0 Å². The highest BCUT2D eigenvalue weighted by Crippen LogP contribution is 2.62. The van der Waals surface area contributed by atoms with Crippen LogP contribution in [-0.4, -0.2) is 11.6 Å². The molecule has 4 aliphatic rings. The summed E-state index contributed by atoms with van der Waals surface area (Å²) in [5.74, 6) is 4.13. The second-order valence-corrected chi connectivity index (χ2v) is 11.3. The second-order valence-electron chi connectivity index (χ2n) is 11.3. The number of Topliss-reactive ketones (excluding diaryl/α,β-unsaturated/α-hetero) is 2. The zero-order valence-electron chi connectivity index (χ0n) is 19.1. The Morgan fingerprint density at radius 3 is 1.69 bits per heavy atom. The van der Waals surface area contributed by atoms with Crippen LogP contribution < -0.4 is 0 Å². The average Bonchev–Trinajstić information content (AvgIpc) is 2.79. The Morgan fingerprint density at radius 1 is 0.655 bits per heavy atom. The smallest absolute Gasteiger partial charge is 0.159 e. The zero-order valence-corrected chi connectivity index (χ0v) is 19.1. The Labute approximate surface area is 179 Å². The monoisotopic (exact) mass is 400 g/mol. The fourth-order valence-electron chi connectivity index (χ4n) is 7.78. The fraction of sp³-hybridized carbons (Fsp3) is 0.926. The van der Waals surface area contributed by atoms with Crippen LogP contribution in [0.15, 0.2) is 0 Å². The quantitative estimate of drug-likeness (QED) is 0.346. The Kier molecular flexibility index (Phi) is 6.57. The highest BCUT2D eigenvalue weighted by Gasteiger charge is 2.70. The molecule has 0 amide bonds. The summed E-state index contributed by atoms with van der Waals surface area (Å²) < 4.78 is 0. The molecule has 0 unspecified atom stereocenters. The normalized spacial score (nSPS) is 43.0. The first-order valence-electron chi connectivity index (χ1n) is 13.2. The largest absolute Gasteiger partial charge is 0.297 e. The third kappa shape index (κ3) is 3.76. The molecular weight excluding hydrogens is 356 g/mol. The van der Waals surface area contributed by atoms with E-state index in [1.54, 1.807) is 0 Å². The number of hydrogen-bond acceptors (Lipinski definition) is 2. The van der Waals surface area contributed by atoms with E-state index in [1.165, 1.54) is 57.8 Å². The van der Waals surface area contributed by atoms with Crippen molar-refractivity contribution in [1.82, 2.24) is 0 Å². The Bertz CT molecular complexity index is 562. The van der Waals surface area contributed by atoms with Gasteiger partial charge in [0.15, 0.2) is 11.6 Å². The first-order valence-corrected chi connectivity index (χ1v) is 13.2. The van der Waals surface area contributed by atoms with Gasteiger partial charge in [-0.25, -0.2) is 0 Å². The maximum Gasteiger partial charge on any atom is 0.159 e. The number of hydrogen-bond donors (Lipinski definition) is 0. The Morgan fingerprint density at radius 2 is 1.17 bits per heavy atom. The molecule has 0 radical (unpaired) electrons. The third-order valence-corrected chi connectivity index (χ3v) is 9.93. The van der Waals surface area contributed by atoms with Gasteiger partial charge in [0.05, 0.1) is 10.8 Å². The molecule has 4 fully saturated rings. The van der Waals surface area contributed by atoms with Crippen molar-refractivity contribution < 1.29 is 9.59 Å². The van der Waals surface area contributed by atoms with Crippen molar-refractivity contribution in [3.05, 3.63) is 0 Å². The van der Waals surface area contributed by atoms with Gasteiger partial charge in [0.2, 0.25) is 0 Å². The predicted molar refractivity (Wildman–Crippen MR) is 119 cm³/mol. The zero-order chi connectivity index (χ0) is 20.5. The van der Waals surface area contributed by atoms with Crippen LogP contribution >= 0.6 is 0 Å².